The van der Waals surface area contributed by atoms with Crippen LogP contribution in [-0.2, 0) is 14.4 Å². The fourth-order valence-electron chi connectivity index (χ4n) is 2.32. The second-order valence-corrected chi connectivity index (χ2v) is 5.79. The highest BCUT2D eigenvalue weighted by molar-refractivity contribution is 5.84. The first-order valence-electron chi connectivity index (χ1n) is 7.82. The Morgan fingerprint density at radius 2 is 2.04 bits per heavy atom. The molecule has 1 atom stereocenters. The number of nitrogens with two attached hydrogens (primary N) is 1. The van der Waals surface area contributed by atoms with Gasteiger partial charge in [-0.1, -0.05) is 11.6 Å². The van der Waals surface area contributed by atoms with Gasteiger partial charge in [0.1, 0.15) is 0 Å². The van der Waals surface area contributed by atoms with E-state index in [9.17, 15) is 14.4 Å². The maximum atomic E-state index is 11.7. The minimum absolute atomic E-state index is 0.0244. The van der Waals surface area contributed by atoms with Gasteiger partial charge in [0, 0.05) is 38.5 Å². The van der Waals surface area contributed by atoms with Gasteiger partial charge in [0.2, 0.25) is 11.8 Å². The monoisotopic (exact) mass is 339 g/mol. The smallest absolute Gasteiger partial charge is 0.305 e. The zero-order chi connectivity index (χ0) is 18.1. The first-order chi connectivity index (χ1) is 11.3. The predicted octanol–water partition coefficient (Wildman–Crippen LogP) is -0.612. The van der Waals surface area contributed by atoms with E-state index in [-0.39, 0.29) is 37.0 Å². The summed E-state index contributed by atoms with van der Waals surface area (Å²) < 4.78 is 0. The average molecular weight is 339 g/mol. The molecule has 0 bridgehead atoms. The molecule has 1 rings (SSSR count). The van der Waals surface area contributed by atoms with Gasteiger partial charge < -0.3 is 26.4 Å². The number of carboxylic acids is 1. The molecule has 0 saturated carbocycles. The van der Waals surface area contributed by atoms with E-state index in [0.29, 0.717) is 26.1 Å². The standard InChI is InChI=1S/C15H25N5O4/c1-10(8-14(23)24)19-13(22)3-2-12(21)18-6-4-11-5-7-20(9-11)15(16)17/h5,10H,2-4,6-9H2,1H3,(H3,16,17)(H,18,21)(H,19,22)(H,23,24). The van der Waals surface area contributed by atoms with E-state index in [1.807, 2.05) is 6.08 Å². The molecular formula is C15H25N5O4. The summed E-state index contributed by atoms with van der Waals surface area (Å²) in [5.74, 6) is -1.51. The highest BCUT2D eigenvalue weighted by Gasteiger charge is 2.15. The fraction of sp³-hybridized carbons (Fsp3) is 0.600. The molecule has 1 heterocycles. The van der Waals surface area contributed by atoms with E-state index >= 15 is 0 Å². The number of rotatable bonds is 9. The van der Waals surface area contributed by atoms with Crippen molar-refractivity contribution >= 4 is 23.7 Å². The third kappa shape index (κ3) is 7.61. The number of carbonyl (C=O) groups excluding carboxylic acids is 2. The molecule has 0 aromatic rings. The summed E-state index contributed by atoms with van der Waals surface area (Å²) in [5, 5.41) is 21.2. The second-order valence-electron chi connectivity index (χ2n) is 5.79. The van der Waals surface area contributed by atoms with Gasteiger partial charge in [0.05, 0.1) is 6.42 Å². The van der Waals surface area contributed by atoms with Crippen LogP contribution in [0.15, 0.2) is 11.6 Å². The van der Waals surface area contributed by atoms with Crippen molar-refractivity contribution in [3.05, 3.63) is 11.6 Å². The molecule has 0 aromatic heterocycles. The van der Waals surface area contributed by atoms with Crippen molar-refractivity contribution in [2.24, 2.45) is 5.73 Å². The van der Waals surface area contributed by atoms with Gasteiger partial charge in [-0.3, -0.25) is 19.8 Å². The van der Waals surface area contributed by atoms with E-state index < -0.39 is 12.0 Å². The van der Waals surface area contributed by atoms with Gasteiger partial charge in [-0.05, 0) is 13.3 Å². The molecule has 0 saturated heterocycles. The highest BCUT2D eigenvalue weighted by Crippen LogP contribution is 2.11. The minimum Gasteiger partial charge on any atom is -0.481 e. The van der Waals surface area contributed by atoms with Gasteiger partial charge in [-0.15, -0.1) is 0 Å². The van der Waals surface area contributed by atoms with Crippen LogP contribution < -0.4 is 16.4 Å². The van der Waals surface area contributed by atoms with Crippen LogP contribution in [0.2, 0.25) is 0 Å². The first-order valence-corrected chi connectivity index (χ1v) is 7.82. The Balaban J connectivity index is 2.13. The van der Waals surface area contributed by atoms with Gasteiger partial charge in [-0.2, -0.15) is 0 Å². The highest BCUT2D eigenvalue weighted by atomic mass is 16.4. The third-order valence-corrected chi connectivity index (χ3v) is 3.57. The van der Waals surface area contributed by atoms with Crippen LogP contribution in [0.25, 0.3) is 0 Å². The zero-order valence-electron chi connectivity index (χ0n) is 13.8. The normalized spacial score (nSPS) is 14.7. The number of guanidine groups is 1. The van der Waals surface area contributed by atoms with Crippen molar-refractivity contribution in [2.45, 2.75) is 38.6 Å². The molecule has 9 heteroatoms. The molecule has 1 unspecified atom stereocenters. The van der Waals surface area contributed by atoms with Crippen molar-refractivity contribution in [1.82, 2.24) is 15.5 Å². The molecule has 0 spiro atoms. The molecule has 0 fully saturated rings. The summed E-state index contributed by atoms with van der Waals surface area (Å²) in [6, 6.07) is -0.461. The van der Waals surface area contributed by atoms with E-state index in [4.69, 9.17) is 16.2 Å². The van der Waals surface area contributed by atoms with Crippen molar-refractivity contribution in [2.75, 3.05) is 19.6 Å². The first kappa shape index (κ1) is 19.5. The molecule has 1 aliphatic heterocycles. The lowest BCUT2D eigenvalue weighted by molar-refractivity contribution is -0.137. The summed E-state index contributed by atoms with van der Waals surface area (Å²) in [6.07, 6.45) is 2.60. The zero-order valence-corrected chi connectivity index (χ0v) is 13.8. The Labute approximate surface area is 140 Å². The van der Waals surface area contributed by atoms with Crippen LogP contribution in [0, 0.1) is 5.41 Å². The number of carboxylic acid groups (broad SMARTS) is 1. The van der Waals surface area contributed by atoms with Crippen molar-refractivity contribution in [3.8, 4) is 0 Å². The van der Waals surface area contributed by atoms with Crippen molar-refractivity contribution < 1.29 is 19.5 Å². The van der Waals surface area contributed by atoms with Crippen LogP contribution in [0.5, 0.6) is 0 Å². The number of carbonyl (C=O) groups is 3. The van der Waals surface area contributed by atoms with Gasteiger partial charge >= 0.3 is 5.97 Å². The summed E-state index contributed by atoms with van der Waals surface area (Å²) in [7, 11) is 0. The number of hydrogen-bond donors (Lipinski definition) is 5. The van der Waals surface area contributed by atoms with Crippen LogP contribution in [0.3, 0.4) is 0 Å². The lowest BCUT2D eigenvalue weighted by atomic mass is 10.2. The topological polar surface area (TPSA) is 149 Å². The van der Waals surface area contributed by atoms with Crippen LogP contribution in [-0.4, -0.2) is 59.4 Å². The lowest BCUT2D eigenvalue weighted by Gasteiger charge is -2.15. The number of nitrogens with one attached hydrogen (secondary N) is 3. The maximum absolute atomic E-state index is 11.7. The molecule has 2 amide bonds. The number of aliphatic carboxylic acids is 1. The third-order valence-electron chi connectivity index (χ3n) is 3.57. The summed E-state index contributed by atoms with van der Waals surface area (Å²) in [5.41, 5.74) is 6.52. The molecule has 134 valence electrons. The van der Waals surface area contributed by atoms with E-state index in [1.54, 1.807) is 11.8 Å². The number of amides is 2. The largest absolute Gasteiger partial charge is 0.481 e. The fourth-order valence-corrected chi connectivity index (χ4v) is 2.32. The van der Waals surface area contributed by atoms with Gasteiger partial charge in [0.25, 0.3) is 0 Å². The van der Waals surface area contributed by atoms with E-state index in [2.05, 4.69) is 10.6 Å². The molecular weight excluding hydrogens is 314 g/mol. The van der Waals surface area contributed by atoms with Crippen molar-refractivity contribution in [3.63, 3.8) is 0 Å². The summed E-state index contributed by atoms with van der Waals surface area (Å²) in [4.78, 5) is 35.5. The summed E-state index contributed by atoms with van der Waals surface area (Å²) >= 11 is 0. The Kier molecular flexibility index (Phi) is 7.73. The SMILES string of the molecule is CC(CC(=O)O)NC(=O)CCC(=O)NCCC1=CCN(C(=N)N)C1. The number of nitrogens with zero attached hydrogens (tertiary/aromatic N) is 1. The molecule has 6 N–H and O–H groups in total. The second kappa shape index (κ2) is 9.53. The Morgan fingerprint density at radius 3 is 2.62 bits per heavy atom. The van der Waals surface area contributed by atoms with Crippen LogP contribution in [0.4, 0.5) is 0 Å². The van der Waals surface area contributed by atoms with Crippen LogP contribution in [0.1, 0.15) is 32.6 Å². The Morgan fingerprint density at radius 1 is 1.38 bits per heavy atom. The van der Waals surface area contributed by atoms with E-state index in [0.717, 1.165) is 5.57 Å². The van der Waals surface area contributed by atoms with Crippen LogP contribution >= 0.6 is 0 Å². The van der Waals surface area contributed by atoms with E-state index in [1.165, 1.54) is 0 Å². The molecule has 0 aliphatic carbocycles. The Hall–Kier alpha value is -2.58. The average Bonchev–Trinajstić information content (AvgIpc) is 2.93. The Bertz CT molecular complexity index is 532. The van der Waals surface area contributed by atoms with Gasteiger partial charge in [-0.25, -0.2) is 0 Å². The quantitative estimate of drug-likeness (QED) is 0.215. The molecule has 9 nitrogen and oxygen atoms in total. The van der Waals surface area contributed by atoms with Crippen molar-refractivity contribution in [1.29, 1.82) is 5.41 Å². The van der Waals surface area contributed by atoms with Gasteiger partial charge in [0.15, 0.2) is 5.96 Å². The predicted molar refractivity (Wildman–Crippen MR) is 88.3 cm³/mol. The molecule has 24 heavy (non-hydrogen) atoms. The lowest BCUT2D eigenvalue weighted by Crippen LogP contribution is -2.35. The minimum atomic E-state index is -0.981. The maximum Gasteiger partial charge on any atom is 0.305 e. The number of hydrogen-bond acceptors (Lipinski definition) is 4. The molecule has 0 aromatic carbocycles. The molecule has 0 radical (unpaired) electrons. The summed E-state index contributed by atoms with van der Waals surface area (Å²) in [6.45, 7) is 3.29. The molecule has 1 aliphatic rings.